The first-order valence-corrected chi connectivity index (χ1v) is 8.01. The molecule has 3 nitrogen and oxygen atoms in total. The molecule has 0 aliphatic carbocycles. The summed E-state index contributed by atoms with van der Waals surface area (Å²) >= 11 is 11.6. The van der Waals surface area contributed by atoms with Crippen LogP contribution in [0.5, 0.6) is 0 Å². The highest BCUT2D eigenvalue weighted by Gasteiger charge is 2.29. The van der Waals surface area contributed by atoms with Crippen LogP contribution >= 0.6 is 23.2 Å². The molecule has 0 saturated carbocycles. The highest BCUT2D eigenvalue weighted by molar-refractivity contribution is 7.92. The van der Waals surface area contributed by atoms with Gasteiger partial charge in [0.2, 0.25) is 0 Å². The summed E-state index contributed by atoms with van der Waals surface area (Å²) in [7, 11) is -1.65. The standard InChI is InChI=1S/C12H17Cl2NO2S/c1-4-12(15-3)8(2)18(16,17)9-5-6-10(13)11(14)7-9/h5-8,12,15H,4H2,1-3H3. The van der Waals surface area contributed by atoms with Gasteiger partial charge in [0.15, 0.2) is 9.84 Å². The third kappa shape index (κ3) is 3.18. The summed E-state index contributed by atoms with van der Waals surface area (Å²) in [6.45, 7) is 3.64. The van der Waals surface area contributed by atoms with Gasteiger partial charge in [-0.15, -0.1) is 0 Å². The van der Waals surface area contributed by atoms with Crippen LogP contribution in [-0.2, 0) is 9.84 Å². The number of nitrogens with one attached hydrogen (secondary N) is 1. The van der Waals surface area contributed by atoms with Crippen LogP contribution in [0.3, 0.4) is 0 Å². The maximum atomic E-state index is 12.4. The Balaban J connectivity index is 3.16. The van der Waals surface area contributed by atoms with Crippen LogP contribution in [0.4, 0.5) is 0 Å². The second-order valence-electron chi connectivity index (χ2n) is 4.13. The first kappa shape index (κ1) is 15.8. The summed E-state index contributed by atoms with van der Waals surface area (Å²) in [4.78, 5) is 0.207. The Labute approximate surface area is 118 Å². The van der Waals surface area contributed by atoms with Gasteiger partial charge >= 0.3 is 0 Å². The van der Waals surface area contributed by atoms with Crippen LogP contribution in [0.1, 0.15) is 20.3 Å². The molecule has 0 spiro atoms. The number of halogens is 2. The van der Waals surface area contributed by atoms with Crippen LogP contribution in [0, 0.1) is 0 Å². The fraction of sp³-hybridized carbons (Fsp3) is 0.500. The van der Waals surface area contributed by atoms with Crippen molar-refractivity contribution < 1.29 is 8.42 Å². The monoisotopic (exact) mass is 309 g/mol. The first-order valence-electron chi connectivity index (χ1n) is 5.70. The van der Waals surface area contributed by atoms with Crippen LogP contribution in [0.15, 0.2) is 23.1 Å². The average Bonchev–Trinajstić information content (AvgIpc) is 2.33. The zero-order valence-corrected chi connectivity index (χ0v) is 12.9. The zero-order chi connectivity index (χ0) is 13.9. The molecule has 1 aromatic rings. The zero-order valence-electron chi connectivity index (χ0n) is 10.6. The van der Waals surface area contributed by atoms with Crippen molar-refractivity contribution in [2.75, 3.05) is 7.05 Å². The van der Waals surface area contributed by atoms with E-state index in [2.05, 4.69) is 5.32 Å². The molecule has 1 aromatic carbocycles. The van der Waals surface area contributed by atoms with Gasteiger partial charge in [0.25, 0.3) is 0 Å². The Kier molecular flexibility index (Phi) is 5.46. The van der Waals surface area contributed by atoms with Crippen LogP contribution in [0.2, 0.25) is 10.0 Å². The summed E-state index contributed by atoms with van der Waals surface area (Å²) < 4.78 is 24.8. The van der Waals surface area contributed by atoms with Crippen molar-refractivity contribution in [3.8, 4) is 0 Å². The van der Waals surface area contributed by atoms with Gasteiger partial charge in [0.05, 0.1) is 20.2 Å². The third-order valence-electron chi connectivity index (χ3n) is 3.09. The van der Waals surface area contributed by atoms with Crippen LogP contribution in [-0.4, -0.2) is 26.8 Å². The van der Waals surface area contributed by atoms with Gasteiger partial charge in [-0.05, 0) is 38.6 Å². The fourth-order valence-electron chi connectivity index (χ4n) is 1.86. The number of sulfone groups is 1. The minimum atomic E-state index is -3.41. The molecule has 2 unspecified atom stereocenters. The molecule has 2 atom stereocenters. The largest absolute Gasteiger partial charge is 0.316 e. The second-order valence-corrected chi connectivity index (χ2v) is 7.25. The molecule has 0 saturated heterocycles. The summed E-state index contributed by atoms with van der Waals surface area (Å²) in [5.74, 6) is 0. The number of hydrogen-bond donors (Lipinski definition) is 1. The minimum absolute atomic E-state index is 0.0931. The smallest absolute Gasteiger partial charge is 0.182 e. The van der Waals surface area contributed by atoms with Crippen molar-refractivity contribution in [3.05, 3.63) is 28.2 Å². The number of benzene rings is 1. The molecule has 6 heteroatoms. The fourth-order valence-corrected chi connectivity index (χ4v) is 3.95. The molecule has 0 aliphatic rings. The molecule has 0 aliphatic heterocycles. The molecule has 0 bridgehead atoms. The maximum Gasteiger partial charge on any atom is 0.182 e. The Morgan fingerprint density at radius 2 is 1.89 bits per heavy atom. The van der Waals surface area contributed by atoms with E-state index in [1.54, 1.807) is 14.0 Å². The van der Waals surface area contributed by atoms with Crippen LogP contribution < -0.4 is 5.32 Å². The minimum Gasteiger partial charge on any atom is -0.316 e. The molecule has 0 radical (unpaired) electrons. The molecule has 0 fully saturated rings. The Hall–Kier alpha value is -0.290. The summed E-state index contributed by atoms with van der Waals surface area (Å²) in [6, 6.07) is 4.30. The molecule has 0 heterocycles. The van der Waals surface area contributed by atoms with Crippen molar-refractivity contribution in [2.24, 2.45) is 0 Å². The number of rotatable bonds is 5. The summed E-state index contributed by atoms with van der Waals surface area (Å²) in [5.41, 5.74) is 0. The van der Waals surface area contributed by atoms with Gasteiger partial charge in [-0.25, -0.2) is 8.42 Å². The second kappa shape index (κ2) is 6.24. The summed E-state index contributed by atoms with van der Waals surface area (Å²) in [6.07, 6.45) is 0.734. The summed E-state index contributed by atoms with van der Waals surface area (Å²) in [5, 5.41) is 3.09. The van der Waals surface area contributed by atoms with E-state index < -0.39 is 15.1 Å². The van der Waals surface area contributed by atoms with Crippen molar-refractivity contribution in [2.45, 2.75) is 36.5 Å². The molecule has 18 heavy (non-hydrogen) atoms. The lowest BCUT2D eigenvalue weighted by atomic mass is 10.2. The first-order chi connectivity index (χ1) is 8.34. The van der Waals surface area contributed by atoms with Gasteiger partial charge in [0.1, 0.15) is 0 Å². The SMILES string of the molecule is CCC(NC)C(C)S(=O)(=O)c1ccc(Cl)c(Cl)c1. The molecule has 1 N–H and O–H groups in total. The van der Waals surface area contributed by atoms with Crippen molar-refractivity contribution in [3.63, 3.8) is 0 Å². The van der Waals surface area contributed by atoms with E-state index in [0.717, 1.165) is 6.42 Å². The van der Waals surface area contributed by atoms with E-state index >= 15 is 0 Å². The van der Waals surface area contributed by atoms with Gasteiger partial charge in [-0.2, -0.15) is 0 Å². The molecular weight excluding hydrogens is 293 g/mol. The van der Waals surface area contributed by atoms with Gasteiger partial charge in [0, 0.05) is 6.04 Å². The molecular formula is C12H17Cl2NO2S. The predicted octanol–water partition coefficient (Wildman–Crippen LogP) is 3.15. The van der Waals surface area contributed by atoms with E-state index in [4.69, 9.17) is 23.2 Å². The highest BCUT2D eigenvalue weighted by Crippen LogP contribution is 2.27. The Bertz CT molecular complexity index is 513. The maximum absolute atomic E-state index is 12.4. The lowest BCUT2D eigenvalue weighted by Crippen LogP contribution is -2.40. The Morgan fingerprint density at radius 1 is 1.28 bits per heavy atom. The van der Waals surface area contributed by atoms with Gasteiger partial charge in [-0.1, -0.05) is 30.1 Å². The molecule has 102 valence electrons. The quantitative estimate of drug-likeness (QED) is 0.909. The molecule has 1 rings (SSSR count). The van der Waals surface area contributed by atoms with Gasteiger partial charge in [-0.3, -0.25) is 0 Å². The Morgan fingerprint density at radius 3 is 2.33 bits per heavy atom. The van der Waals surface area contributed by atoms with Crippen LogP contribution in [0.25, 0.3) is 0 Å². The van der Waals surface area contributed by atoms with E-state index in [1.165, 1.54) is 18.2 Å². The third-order valence-corrected chi connectivity index (χ3v) is 6.04. The number of hydrogen-bond acceptors (Lipinski definition) is 3. The lowest BCUT2D eigenvalue weighted by molar-refractivity contribution is 0.505. The van der Waals surface area contributed by atoms with Crippen molar-refractivity contribution in [1.29, 1.82) is 0 Å². The van der Waals surface area contributed by atoms with Gasteiger partial charge < -0.3 is 5.32 Å². The average molecular weight is 310 g/mol. The highest BCUT2D eigenvalue weighted by atomic mass is 35.5. The van der Waals surface area contributed by atoms with Crippen molar-refractivity contribution in [1.82, 2.24) is 5.32 Å². The lowest BCUT2D eigenvalue weighted by Gasteiger charge is -2.22. The molecule has 0 amide bonds. The van der Waals surface area contributed by atoms with E-state index in [-0.39, 0.29) is 16.0 Å². The topological polar surface area (TPSA) is 46.2 Å². The van der Waals surface area contributed by atoms with E-state index in [9.17, 15) is 8.42 Å². The van der Waals surface area contributed by atoms with E-state index in [1.807, 2.05) is 6.92 Å². The molecule has 0 aromatic heterocycles. The van der Waals surface area contributed by atoms with Crippen molar-refractivity contribution >= 4 is 33.0 Å². The normalized spacial score (nSPS) is 15.4. The predicted molar refractivity (Wildman–Crippen MR) is 76.2 cm³/mol. The van der Waals surface area contributed by atoms with E-state index in [0.29, 0.717) is 5.02 Å².